The predicted octanol–water partition coefficient (Wildman–Crippen LogP) is 11.6. The van der Waals surface area contributed by atoms with Crippen LogP contribution in [-0.2, 0) is 0 Å². The second-order valence-corrected chi connectivity index (χ2v) is 13.0. The van der Waals surface area contributed by atoms with Gasteiger partial charge in [-0.2, -0.15) is 0 Å². The monoisotopic (exact) mass is 663 g/mol. The van der Waals surface area contributed by atoms with E-state index in [9.17, 15) is 0 Å². The summed E-state index contributed by atoms with van der Waals surface area (Å²) in [5.41, 5.74) is 12.0. The summed E-state index contributed by atoms with van der Waals surface area (Å²) in [6.07, 6.45) is 9.13. The molecule has 5 heterocycles. The first-order valence-electron chi connectivity index (χ1n) is 17.3. The summed E-state index contributed by atoms with van der Waals surface area (Å²) in [6, 6.07) is 51.3. The van der Waals surface area contributed by atoms with Crippen molar-refractivity contribution in [3.63, 3.8) is 0 Å². The van der Waals surface area contributed by atoms with E-state index in [4.69, 9.17) is 15.0 Å². The molecule has 0 bridgehead atoms. The molecule has 10 aromatic rings. The van der Waals surface area contributed by atoms with Gasteiger partial charge in [-0.3, -0.25) is 15.0 Å². The minimum Gasteiger partial charge on any atom is -0.264 e. The van der Waals surface area contributed by atoms with Crippen molar-refractivity contribution in [2.24, 2.45) is 0 Å². The number of aromatic nitrogens is 5. The molecule has 5 nitrogen and oxygen atoms in total. The first-order valence-corrected chi connectivity index (χ1v) is 17.3. The summed E-state index contributed by atoms with van der Waals surface area (Å²) in [5.74, 6) is 0. The van der Waals surface area contributed by atoms with Crippen LogP contribution >= 0.6 is 0 Å². The van der Waals surface area contributed by atoms with Crippen molar-refractivity contribution in [2.45, 2.75) is 0 Å². The molecule has 0 saturated heterocycles. The van der Waals surface area contributed by atoms with E-state index >= 15 is 0 Å². The summed E-state index contributed by atoms with van der Waals surface area (Å²) in [6.45, 7) is 0. The molecule has 0 saturated carbocycles. The molecule has 0 aliphatic heterocycles. The van der Waals surface area contributed by atoms with E-state index in [2.05, 4.69) is 119 Å². The van der Waals surface area contributed by atoms with Crippen LogP contribution in [0.3, 0.4) is 0 Å². The Hall–Kier alpha value is -7.11. The highest BCUT2D eigenvalue weighted by atomic mass is 14.8. The van der Waals surface area contributed by atoms with E-state index in [1.54, 1.807) is 12.4 Å². The van der Waals surface area contributed by atoms with Crippen LogP contribution in [0.1, 0.15) is 0 Å². The molecular weight excluding hydrogens is 635 g/mol. The fourth-order valence-corrected chi connectivity index (χ4v) is 7.26. The van der Waals surface area contributed by atoms with Crippen molar-refractivity contribution in [2.75, 3.05) is 0 Å². The van der Waals surface area contributed by atoms with Gasteiger partial charge in [0.05, 0.1) is 28.1 Å². The molecule has 10 rings (SSSR count). The molecule has 52 heavy (non-hydrogen) atoms. The van der Waals surface area contributed by atoms with Gasteiger partial charge in [-0.15, -0.1) is 0 Å². The Balaban J connectivity index is 1.10. The molecule has 0 radical (unpaired) electrons. The lowest BCUT2D eigenvalue weighted by Gasteiger charge is -2.14. The molecule has 0 N–H and O–H groups in total. The Bertz CT molecular complexity index is 2890. The highest BCUT2D eigenvalue weighted by molar-refractivity contribution is 6.12. The highest BCUT2D eigenvalue weighted by Gasteiger charge is 2.15. The quantitative estimate of drug-likeness (QED) is 0.171. The number of hydrogen-bond donors (Lipinski definition) is 0. The van der Waals surface area contributed by atoms with E-state index in [1.165, 1.54) is 21.5 Å². The molecule has 242 valence electrons. The minimum atomic E-state index is 0.874. The van der Waals surface area contributed by atoms with Gasteiger partial charge in [-0.05, 0) is 104 Å². The van der Waals surface area contributed by atoms with Gasteiger partial charge >= 0.3 is 0 Å². The van der Waals surface area contributed by atoms with Crippen LogP contribution in [0.25, 0.3) is 99.4 Å². The van der Waals surface area contributed by atoms with E-state index in [0.29, 0.717) is 0 Å². The molecule has 0 unspecified atom stereocenters. The number of pyridine rings is 5. The Morgan fingerprint density at radius 1 is 0.327 bits per heavy atom. The number of benzene rings is 5. The molecule has 0 amide bonds. The van der Waals surface area contributed by atoms with E-state index in [-0.39, 0.29) is 0 Å². The molecular formula is C47H29N5. The first kappa shape index (κ1) is 29.8. The normalized spacial score (nSPS) is 11.5. The number of rotatable bonds is 5. The van der Waals surface area contributed by atoms with E-state index < -0.39 is 0 Å². The Morgan fingerprint density at radius 2 is 0.923 bits per heavy atom. The third-order valence-corrected chi connectivity index (χ3v) is 9.84. The van der Waals surface area contributed by atoms with Crippen molar-refractivity contribution < 1.29 is 0 Å². The number of nitrogens with zero attached hydrogens (tertiary/aromatic N) is 5. The van der Waals surface area contributed by atoms with Gasteiger partial charge in [0.25, 0.3) is 0 Å². The zero-order valence-electron chi connectivity index (χ0n) is 28.0. The van der Waals surface area contributed by atoms with Gasteiger partial charge in [-0.25, -0.2) is 9.97 Å². The topological polar surface area (TPSA) is 64.5 Å². The molecule has 0 fully saturated rings. The van der Waals surface area contributed by atoms with Gasteiger partial charge in [0.15, 0.2) is 0 Å². The van der Waals surface area contributed by atoms with Crippen molar-refractivity contribution in [3.8, 4) is 56.0 Å². The van der Waals surface area contributed by atoms with E-state index in [1.807, 2.05) is 55.0 Å². The maximum Gasteiger partial charge on any atom is 0.0978 e. The highest BCUT2D eigenvalue weighted by Crippen LogP contribution is 2.38. The lowest BCUT2D eigenvalue weighted by atomic mass is 9.93. The zero-order valence-corrected chi connectivity index (χ0v) is 28.0. The average Bonchev–Trinajstić information content (AvgIpc) is 3.23. The maximum absolute atomic E-state index is 5.17. The van der Waals surface area contributed by atoms with Crippen LogP contribution < -0.4 is 0 Å². The molecule has 5 aromatic heterocycles. The summed E-state index contributed by atoms with van der Waals surface area (Å²) in [7, 11) is 0. The molecule has 0 spiro atoms. The third kappa shape index (κ3) is 5.24. The molecule has 0 aliphatic carbocycles. The van der Waals surface area contributed by atoms with Crippen LogP contribution in [0.4, 0.5) is 0 Å². The summed E-state index contributed by atoms with van der Waals surface area (Å²) < 4.78 is 0. The Morgan fingerprint density at radius 3 is 1.62 bits per heavy atom. The van der Waals surface area contributed by atoms with E-state index in [0.717, 1.165) is 77.8 Å². The van der Waals surface area contributed by atoms with Crippen molar-refractivity contribution in [1.82, 2.24) is 24.9 Å². The third-order valence-electron chi connectivity index (χ3n) is 9.84. The molecule has 5 heteroatoms. The van der Waals surface area contributed by atoms with Gasteiger partial charge in [-0.1, -0.05) is 84.9 Å². The van der Waals surface area contributed by atoms with Crippen molar-refractivity contribution in [3.05, 3.63) is 177 Å². The summed E-state index contributed by atoms with van der Waals surface area (Å²) >= 11 is 0. The largest absolute Gasteiger partial charge is 0.264 e. The van der Waals surface area contributed by atoms with Gasteiger partial charge < -0.3 is 0 Å². The SMILES string of the molecule is c1ccc(-c2cc(-c3ccc4c(ccc5cc(-c6cc(-c7cccnc7)nc(-c7cccnc7)c6)ccc54)c3)c3ccc4cccnc4c3n2)cc1. The Labute approximate surface area is 300 Å². The number of fused-ring (bicyclic) bond motifs is 6. The lowest BCUT2D eigenvalue weighted by Crippen LogP contribution is -1.93. The van der Waals surface area contributed by atoms with Crippen LogP contribution in [0.2, 0.25) is 0 Å². The summed E-state index contributed by atoms with van der Waals surface area (Å²) in [4.78, 5) is 23.6. The fraction of sp³-hybridized carbons (Fsp3) is 0. The first-order chi connectivity index (χ1) is 25.7. The predicted molar refractivity (Wildman–Crippen MR) is 213 cm³/mol. The van der Waals surface area contributed by atoms with Crippen molar-refractivity contribution >= 4 is 43.4 Å². The van der Waals surface area contributed by atoms with Crippen LogP contribution in [0, 0.1) is 0 Å². The summed E-state index contributed by atoms with van der Waals surface area (Å²) in [5, 5.41) is 6.95. The second-order valence-electron chi connectivity index (χ2n) is 13.0. The lowest BCUT2D eigenvalue weighted by molar-refractivity contribution is 1.26. The zero-order chi connectivity index (χ0) is 34.4. The number of hydrogen-bond acceptors (Lipinski definition) is 5. The average molecular weight is 664 g/mol. The second kappa shape index (κ2) is 12.3. The molecule has 0 atom stereocenters. The van der Waals surface area contributed by atoms with Crippen LogP contribution in [0.5, 0.6) is 0 Å². The standard InChI is InChI=1S/C47H29N5/c1-2-7-30(8-3-1)45-27-42(41-19-14-31-9-6-22-50-46(31)47(41)52-45)35-16-18-40-34(24-35)13-12-33-23-32(15-17-39(33)40)38-25-43(36-10-4-20-48-28-36)51-44(26-38)37-11-5-21-49-29-37/h1-29H. The van der Waals surface area contributed by atoms with Crippen LogP contribution in [0.15, 0.2) is 177 Å². The Kier molecular flexibility index (Phi) is 7.07. The molecule has 5 aromatic carbocycles. The van der Waals surface area contributed by atoms with Gasteiger partial charge in [0.1, 0.15) is 0 Å². The fourth-order valence-electron chi connectivity index (χ4n) is 7.26. The maximum atomic E-state index is 5.17. The smallest absolute Gasteiger partial charge is 0.0978 e. The van der Waals surface area contributed by atoms with Crippen molar-refractivity contribution in [1.29, 1.82) is 0 Å². The van der Waals surface area contributed by atoms with Gasteiger partial charge in [0.2, 0.25) is 0 Å². The molecule has 0 aliphatic rings. The van der Waals surface area contributed by atoms with Gasteiger partial charge in [0, 0.05) is 58.4 Å². The van der Waals surface area contributed by atoms with Crippen LogP contribution in [-0.4, -0.2) is 24.9 Å². The minimum absolute atomic E-state index is 0.874.